The molecule has 1 aromatic rings. The van der Waals surface area contributed by atoms with Gasteiger partial charge in [0.1, 0.15) is 0 Å². The summed E-state index contributed by atoms with van der Waals surface area (Å²) in [4.78, 5) is 14.7. The summed E-state index contributed by atoms with van der Waals surface area (Å²) in [5, 5.41) is 14.2. The van der Waals surface area contributed by atoms with Crippen molar-refractivity contribution < 1.29 is 9.66 Å². The molecule has 0 saturated heterocycles. The number of rotatable bonds is 2. The number of fused-ring (bicyclic) bond motifs is 1. The Bertz CT molecular complexity index is 448. The van der Waals surface area contributed by atoms with Gasteiger partial charge in [0.25, 0.3) is 5.88 Å². The number of pyridine rings is 1. The van der Waals surface area contributed by atoms with E-state index in [0.29, 0.717) is 6.54 Å². The summed E-state index contributed by atoms with van der Waals surface area (Å²) in [6, 6.07) is 1.60. The molecule has 0 saturated carbocycles. The molecule has 2 heterocycles. The Balaban J connectivity index is 2.54. The predicted molar refractivity (Wildman–Crippen MR) is 62.2 cm³/mol. The molecule has 0 aliphatic carbocycles. The molecule has 1 N–H and O–H groups in total. The van der Waals surface area contributed by atoms with Crippen molar-refractivity contribution in [1.82, 2.24) is 10.3 Å². The number of nitro groups is 1. The van der Waals surface area contributed by atoms with E-state index in [1.54, 1.807) is 6.07 Å². The average Bonchev–Trinajstić information content (AvgIpc) is 2.49. The summed E-state index contributed by atoms with van der Waals surface area (Å²) in [5.41, 5.74) is 1.74. The van der Waals surface area contributed by atoms with E-state index in [1.807, 2.05) is 0 Å². The highest BCUT2D eigenvalue weighted by atomic mass is 16.6. The number of hydrogen-bond acceptors (Lipinski definition) is 5. The molecule has 1 atom stereocenters. The number of nitrogens with one attached hydrogen (secondary N) is 1. The van der Waals surface area contributed by atoms with Crippen LogP contribution in [0, 0.1) is 10.1 Å². The molecule has 0 aromatic carbocycles. The lowest BCUT2D eigenvalue weighted by Gasteiger charge is -2.12. The van der Waals surface area contributed by atoms with Crippen LogP contribution in [0.2, 0.25) is 0 Å². The fraction of sp³-hybridized carbons (Fsp3) is 0.545. The van der Waals surface area contributed by atoms with Crippen LogP contribution in [0.25, 0.3) is 0 Å². The van der Waals surface area contributed by atoms with Crippen molar-refractivity contribution in [2.45, 2.75) is 25.8 Å². The second-order valence-electron chi connectivity index (χ2n) is 4.18. The largest absolute Gasteiger partial charge is 0.476 e. The van der Waals surface area contributed by atoms with Crippen LogP contribution in [0.5, 0.6) is 5.88 Å². The summed E-state index contributed by atoms with van der Waals surface area (Å²) >= 11 is 0. The molecule has 0 fully saturated rings. The molecule has 6 heteroatoms. The van der Waals surface area contributed by atoms with Crippen LogP contribution < -0.4 is 10.1 Å². The molecule has 0 bridgehead atoms. The van der Waals surface area contributed by atoms with Gasteiger partial charge in [-0.2, -0.15) is 0 Å². The van der Waals surface area contributed by atoms with Gasteiger partial charge in [-0.25, -0.2) is 4.98 Å². The van der Waals surface area contributed by atoms with Gasteiger partial charge in [0, 0.05) is 12.6 Å². The summed E-state index contributed by atoms with van der Waals surface area (Å²) in [5.74, 6) is 0.363. The number of hydrogen-bond donors (Lipinski definition) is 1. The Morgan fingerprint density at radius 3 is 3.06 bits per heavy atom. The summed E-state index contributed by atoms with van der Waals surface area (Å²) < 4.78 is 4.97. The molecule has 0 amide bonds. The van der Waals surface area contributed by atoms with Gasteiger partial charge in [0.15, 0.2) is 0 Å². The molecule has 0 spiro atoms. The molecule has 6 nitrogen and oxygen atoms in total. The van der Waals surface area contributed by atoms with Gasteiger partial charge in [-0.05, 0) is 24.4 Å². The van der Waals surface area contributed by atoms with Crippen LogP contribution in [0.15, 0.2) is 6.07 Å². The number of nitrogens with zero attached hydrogens (tertiary/aromatic N) is 2. The Morgan fingerprint density at radius 1 is 1.65 bits per heavy atom. The van der Waals surface area contributed by atoms with E-state index >= 15 is 0 Å². The van der Waals surface area contributed by atoms with Crippen LogP contribution in [0.4, 0.5) is 5.69 Å². The van der Waals surface area contributed by atoms with Gasteiger partial charge in [0.05, 0.1) is 17.7 Å². The third kappa shape index (κ3) is 2.21. The van der Waals surface area contributed by atoms with Gasteiger partial charge >= 0.3 is 5.69 Å². The zero-order valence-electron chi connectivity index (χ0n) is 9.90. The molecule has 1 aromatic heterocycles. The molecule has 2 rings (SSSR count). The Labute approximate surface area is 99.2 Å². The van der Waals surface area contributed by atoms with Gasteiger partial charge < -0.3 is 10.1 Å². The first-order valence-corrected chi connectivity index (χ1v) is 5.56. The lowest BCUT2D eigenvalue weighted by molar-refractivity contribution is -0.386. The first-order valence-electron chi connectivity index (χ1n) is 5.56. The van der Waals surface area contributed by atoms with Crippen molar-refractivity contribution in [2.75, 3.05) is 13.7 Å². The minimum atomic E-state index is -0.447. The maximum atomic E-state index is 10.9. The van der Waals surface area contributed by atoms with Crippen LogP contribution in [0.1, 0.15) is 30.5 Å². The fourth-order valence-electron chi connectivity index (χ4n) is 2.07. The van der Waals surface area contributed by atoms with Crippen molar-refractivity contribution in [3.8, 4) is 5.88 Å². The van der Waals surface area contributed by atoms with E-state index in [4.69, 9.17) is 4.74 Å². The van der Waals surface area contributed by atoms with Crippen molar-refractivity contribution in [3.63, 3.8) is 0 Å². The quantitative estimate of drug-likeness (QED) is 0.624. The van der Waals surface area contributed by atoms with Gasteiger partial charge in [-0.15, -0.1) is 0 Å². The lowest BCUT2D eigenvalue weighted by Crippen LogP contribution is -2.13. The van der Waals surface area contributed by atoms with Crippen LogP contribution in [0.3, 0.4) is 0 Å². The van der Waals surface area contributed by atoms with E-state index in [2.05, 4.69) is 17.2 Å². The Kier molecular flexibility index (Phi) is 3.23. The average molecular weight is 237 g/mol. The first-order chi connectivity index (χ1) is 8.13. The molecular formula is C11H15N3O3. The molecular weight excluding hydrogens is 222 g/mol. The monoisotopic (exact) mass is 237 g/mol. The zero-order valence-corrected chi connectivity index (χ0v) is 9.90. The second kappa shape index (κ2) is 4.67. The SMILES string of the molecule is COc1nc2c(cc1[N+](=O)[O-])C(C)CCNC2. The molecule has 1 aliphatic rings. The number of aromatic nitrogens is 1. The standard InChI is InChI=1S/C11H15N3O3/c1-7-3-4-12-6-9-8(7)5-10(14(15)16)11(13-9)17-2/h5,7,12H,3-4,6H2,1-2H3. The van der Waals surface area contributed by atoms with Crippen LogP contribution >= 0.6 is 0 Å². The summed E-state index contributed by atoms with van der Waals surface area (Å²) in [6.45, 7) is 3.59. The van der Waals surface area contributed by atoms with Crippen molar-refractivity contribution in [1.29, 1.82) is 0 Å². The Morgan fingerprint density at radius 2 is 2.41 bits per heavy atom. The normalized spacial score (nSPS) is 19.3. The van der Waals surface area contributed by atoms with Gasteiger partial charge in [-0.3, -0.25) is 10.1 Å². The van der Waals surface area contributed by atoms with Crippen molar-refractivity contribution >= 4 is 5.69 Å². The summed E-state index contributed by atoms with van der Waals surface area (Å²) in [7, 11) is 1.40. The topological polar surface area (TPSA) is 77.3 Å². The molecule has 0 radical (unpaired) electrons. The third-order valence-electron chi connectivity index (χ3n) is 3.05. The molecule has 1 aliphatic heterocycles. The number of methoxy groups -OCH3 is 1. The lowest BCUT2D eigenvalue weighted by atomic mass is 9.97. The molecule has 17 heavy (non-hydrogen) atoms. The van der Waals surface area contributed by atoms with Crippen molar-refractivity contribution in [3.05, 3.63) is 27.4 Å². The van der Waals surface area contributed by atoms with E-state index in [0.717, 1.165) is 24.2 Å². The van der Waals surface area contributed by atoms with Gasteiger partial charge in [0.2, 0.25) is 0 Å². The summed E-state index contributed by atoms with van der Waals surface area (Å²) in [6.07, 6.45) is 0.957. The minimum Gasteiger partial charge on any atom is -0.476 e. The van der Waals surface area contributed by atoms with E-state index in [-0.39, 0.29) is 17.5 Å². The second-order valence-corrected chi connectivity index (χ2v) is 4.18. The fourth-order valence-corrected chi connectivity index (χ4v) is 2.07. The third-order valence-corrected chi connectivity index (χ3v) is 3.05. The van der Waals surface area contributed by atoms with E-state index in [9.17, 15) is 10.1 Å². The van der Waals surface area contributed by atoms with Crippen LogP contribution in [-0.4, -0.2) is 23.6 Å². The highest BCUT2D eigenvalue weighted by Gasteiger charge is 2.24. The van der Waals surface area contributed by atoms with Gasteiger partial charge in [-0.1, -0.05) is 6.92 Å². The first kappa shape index (κ1) is 11.8. The maximum Gasteiger partial charge on any atom is 0.331 e. The highest BCUT2D eigenvalue weighted by Crippen LogP contribution is 2.32. The highest BCUT2D eigenvalue weighted by molar-refractivity contribution is 5.46. The van der Waals surface area contributed by atoms with E-state index in [1.165, 1.54) is 7.11 Å². The minimum absolute atomic E-state index is 0.0556. The smallest absolute Gasteiger partial charge is 0.331 e. The van der Waals surface area contributed by atoms with Crippen molar-refractivity contribution in [2.24, 2.45) is 0 Å². The zero-order chi connectivity index (χ0) is 12.4. The predicted octanol–water partition coefficient (Wildman–Crippen LogP) is 1.60. The maximum absolute atomic E-state index is 10.9. The molecule has 92 valence electrons. The van der Waals surface area contributed by atoms with E-state index < -0.39 is 4.92 Å². The Hall–Kier alpha value is -1.69. The van der Waals surface area contributed by atoms with Crippen LogP contribution in [-0.2, 0) is 6.54 Å². The number of ether oxygens (including phenoxy) is 1. The molecule has 1 unspecified atom stereocenters.